The van der Waals surface area contributed by atoms with E-state index >= 15 is 0 Å². The maximum absolute atomic E-state index is 13.2. The van der Waals surface area contributed by atoms with Crippen LogP contribution < -0.4 is 10.5 Å². The molecule has 10 nitrogen and oxygen atoms in total. The van der Waals surface area contributed by atoms with E-state index in [4.69, 9.17) is 11.6 Å². The number of carbonyl (C=O) groups is 1. The van der Waals surface area contributed by atoms with Crippen molar-refractivity contribution in [2.24, 2.45) is 0 Å². The number of anilines is 1. The topological polar surface area (TPSA) is 117 Å². The third-order valence-electron chi connectivity index (χ3n) is 5.65. The Morgan fingerprint density at radius 3 is 2.62 bits per heavy atom. The summed E-state index contributed by atoms with van der Waals surface area (Å²) < 4.78 is 1.55. The van der Waals surface area contributed by atoms with Gasteiger partial charge in [-0.3, -0.25) is 19.7 Å². The molecule has 2 aromatic heterocycles. The third-order valence-corrected chi connectivity index (χ3v) is 5.89. The Bertz CT molecular complexity index is 1440. The monoisotopic (exact) mass is 452 g/mol. The summed E-state index contributed by atoms with van der Waals surface area (Å²) in [6.45, 7) is 1.58. The van der Waals surface area contributed by atoms with E-state index in [2.05, 4.69) is 10.1 Å². The number of fused-ring (bicyclic) bond motifs is 3. The predicted octanol–water partition coefficient (Wildman–Crippen LogP) is 2.70. The van der Waals surface area contributed by atoms with Crippen LogP contribution in [0.4, 0.5) is 11.4 Å². The molecule has 3 heterocycles. The van der Waals surface area contributed by atoms with Gasteiger partial charge in [0, 0.05) is 37.3 Å². The van der Waals surface area contributed by atoms with Crippen LogP contribution in [0.5, 0.6) is 0 Å². The van der Waals surface area contributed by atoms with Gasteiger partial charge >= 0.3 is 0 Å². The van der Waals surface area contributed by atoms with Crippen molar-refractivity contribution in [3.8, 4) is 0 Å². The minimum atomic E-state index is -0.460. The van der Waals surface area contributed by atoms with E-state index in [1.165, 1.54) is 12.3 Å². The van der Waals surface area contributed by atoms with Crippen LogP contribution in [0.25, 0.3) is 16.6 Å². The molecule has 0 atom stereocenters. The molecule has 11 heteroatoms. The highest BCUT2D eigenvalue weighted by molar-refractivity contribution is 6.30. The van der Waals surface area contributed by atoms with Crippen molar-refractivity contribution < 1.29 is 9.72 Å². The molecule has 4 aromatic rings. The van der Waals surface area contributed by atoms with Crippen LogP contribution >= 0.6 is 11.6 Å². The number of nitro benzene ring substituents is 1. The van der Waals surface area contributed by atoms with Crippen molar-refractivity contribution in [1.29, 1.82) is 0 Å². The molecule has 0 aliphatic carbocycles. The molecular weight excluding hydrogens is 436 g/mol. The van der Waals surface area contributed by atoms with Gasteiger partial charge in [0.15, 0.2) is 0 Å². The van der Waals surface area contributed by atoms with Gasteiger partial charge in [0.2, 0.25) is 0 Å². The lowest BCUT2D eigenvalue weighted by Crippen LogP contribution is -2.49. The highest BCUT2D eigenvalue weighted by Gasteiger charge is 2.28. The number of amides is 1. The number of aromatic amines is 1. The zero-order valence-electron chi connectivity index (χ0n) is 16.7. The Kier molecular flexibility index (Phi) is 4.78. The van der Waals surface area contributed by atoms with Crippen LogP contribution in [0.3, 0.4) is 0 Å². The number of hydrogen-bond donors (Lipinski definition) is 1. The average molecular weight is 453 g/mol. The molecule has 1 fully saturated rings. The van der Waals surface area contributed by atoms with E-state index in [-0.39, 0.29) is 17.2 Å². The van der Waals surface area contributed by atoms with Gasteiger partial charge in [-0.25, -0.2) is 4.52 Å². The standard InChI is InChI=1S/C21H17ClN6O4/c22-13-5-6-17(18(11-13)28(31)32)25-7-9-26(10-8-25)21(30)15-12-23-27-16-4-2-1-3-14(16)20(29)24-19(15)27/h1-6,11-12H,7-10H2,(H,24,29). The fourth-order valence-electron chi connectivity index (χ4n) is 4.06. The van der Waals surface area contributed by atoms with Gasteiger partial charge in [0.1, 0.15) is 16.9 Å². The molecule has 0 bridgehead atoms. The normalized spacial score (nSPS) is 14.3. The number of aromatic nitrogens is 3. The van der Waals surface area contributed by atoms with E-state index in [0.29, 0.717) is 59.0 Å². The first kappa shape index (κ1) is 20.0. The van der Waals surface area contributed by atoms with Crippen molar-refractivity contribution in [3.63, 3.8) is 0 Å². The smallest absolute Gasteiger partial charge is 0.294 e. The van der Waals surface area contributed by atoms with Crippen LogP contribution in [0, 0.1) is 10.1 Å². The van der Waals surface area contributed by atoms with E-state index < -0.39 is 4.92 Å². The second-order valence-corrected chi connectivity index (χ2v) is 7.90. The molecule has 1 aliphatic rings. The molecule has 0 spiro atoms. The molecule has 162 valence electrons. The SMILES string of the molecule is O=C(c1cnn2c1[nH]c(=O)c1ccccc12)N1CCN(c2ccc(Cl)cc2[N+](=O)[O-])CC1. The number of H-pyrrole nitrogens is 1. The zero-order chi connectivity index (χ0) is 22.4. The first-order valence-electron chi connectivity index (χ1n) is 9.91. The second kappa shape index (κ2) is 7.65. The summed E-state index contributed by atoms with van der Waals surface area (Å²) in [5.74, 6) is -0.254. The fraction of sp³-hybridized carbons (Fsp3) is 0.190. The first-order chi connectivity index (χ1) is 15.4. The lowest BCUT2D eigenvalue weighted by atomic mass is 10.2. The molecule has 1 amide bonds. The number of nitrogens with zero attached hydrogens (tertiary/aromatic N) is 5. The highest BCUT2D eigenvalue weighted by atomic mass is 35.5. The lowest BCUT2D eigenvalue weighted by molar-refractivity contribution is -0.384. The summed E-state index contributed by atoms with van der Waals surface area (Å²) in [6.07, 6.45) is 1.45. The summed E-state index contributed by atoms with van der Waals surface area (Å²) in [7, 11) is 0. The average Bonchev–Trinajstić information content (AvgIpc) is 3.23. The molecule has 0 saturated carbocycles. The molecule has 0 radical (unpaired) electrons. The summed E-state index contributed by atoms with van der Waals surface area (Å²) in [5.41, 5.74) is 1.38. The summed E-state index contributed by atoms with van der Waals surface area (Å²) >= 11 is 5.91. The number of para-hydroxylation sites is 1. The molecule has 0 unspecified atom stereocenters. The Morgan fingerprint density at radius 1 is 1.12 bits per heavy atom. The van der Waals surface area contributed by atoms with Crippen LogP contribution in [-0.4, -0.2) is 56.5 Å². The molecule has 1 aliphatic heterocycles. The number of nitro groups is 1. The van der Waals surface area contributed by atoms with E-state index in [0.717, 1.165) is 0 Å². The van der Waals surface area contributed by atoms with Crippen molar-refractivity contribution >= 4 is 45.4 Å². The molecule has 32 heavy (non-hydrogen) atoms. The Morgan fingerprint density at radius 2 is 1.88 bits per heavy atom. The fourth-order valence-corrected chi connectivity index (χ4v) is 4.23. The first-order valence-corrected chi connectivity index (χ1v) is 10.3. The second-order valence-electron chi connectivity index (χ2n) is 7.46. The zero-order valence-corrected chi connectivity index (χ0v) is 17.5. The van der Waals surface area contributed by atoms with E-state index in [9.17, 15) is 19.7 Å². The molecule has 2 aromatic carbocycles. The van der Waals surface area contributed by atoms with Gasteiger partial charge in [0.25, 0.3) is 17.2 Å². The third kappa shape index (κ3) is 3.25. The van der Waals surface area contributed by atoms with Gasteiger partial charge < -0.3 is 14.8 Å². The van der Waals surface area contributed by atoms with Crippen LogP contribution in [0.1, 0.15) is 10.4 Å². The Hall–Kier alpha value is -3.92. The quantitative estimate of drug-likeness (QED) is 0.377. The van der Waals surface area contributed by atoms with E-state index in [1.807, 2.05) is 4.90 Å². The van der Waals surface area contributed by atoms with Gasteiger partial charge in [-0.2, -0.15) is 5.10 Å². The maximum Gasteiger partial charge on any atom is 0.294 e. The van der Waals surface area contributed by atoms with Crippen molar-refractivity contribution in [3.05, 3.63) is 79.7 Å². The Labute approximate surface area is 185 Å². The van der Waals surface area contributed by atoms with Crippen molar-refractivity contribution in [1.82, 2.24) is 19.5 Å². The van der Waals surface area contributed by atoms with Gasteiger partial charge in [-0.1, -0.05) is 23.7 Å². The number of halogens is 1. The predicted molar refractivity (Wildman–Crippen MR) is 120 cm³/mol. The summed E-state index contributed by atoms with van der Waals surface area (Å²) in [5, 5.41) is 16.5. The molecule has 1 N–H and O–H groups in total. The van der Waals surface area contributed by atoms with Crippen molar-refractivity contribution in [2.75, 3.05) is 31.1 Å². The highest BCUT2D eigenvalue weighted by Crippen LogP contribution is 2.31. The Balaban J connectivity index is 1.40. The molecule has 1 saturated heterocycles. The number of hydrogen-bond acceptors (Lipinski definition) is 6. The van der Waals surface area contributed by atoms with Crippen LogP contribution in [-0.2, 0) is 0 Å². The minimum Gasteiger partial charge on any atom is -0.362 e. The largest absolute Gasteiger partial charge is 0.362 e. The number of piperazine rings is 1. The minimum absolute atomic E-state index is 0.0654. The van der Waals surface area contributed by atoms with Crippen LogP contribution in [0.2, 0.25) is 5.02 Å². The van der Waals surface area contributed by atoms with Gasteiger partial charge in [0.05, 0.1) is 22.0 Å². The number of rotatable bonds is 3. The maximum atomic E-state index is 13.2. The van der Waals surface area contributed by atoms with Crippen molar-refractivity contribution in [2.45, 2.75) is 0 Å². The molecular formula is C21H17ClN6O4. The van der Waals surface area contributed by atoms with Crippen LogP contribution in [0.15, 0.2) is 53.5 Å². The number of carbonyl (C=O) groups excluding carboxylic acids is 1. The van der Waals surface area contributed by atoms with Gasteiger partial charge in [-0.05, 0) is 24.3 Å². The lowest BCUT2D eigenvalue weighted by Gasteiger charge is -2.35. The molecule has 5 rings (SSSR count). The van der Waals surface area contributed by atoms with Gasteiger partial charge in [-0.15, -0.1) is 0 Å². The van der Waals surface area contributed by atoms with E-state index in [1.54, 1.807) is 45.8 Å². The summed E-state index contributed by atoms with van der Waals surface area (Å²) in [6, 6.07) is 11.6. The number of nitrogens with one attached hydrogen (secondary N) is 1. The summed E-state index contributed by atoms with van der Waals surface area (Å²) in [4.78, 5) is 42.9. The number of benzene rings is 2.